The molecule has 0 amide bonds. The molecular weight excluding hydrogens is 278 g/mol. The number of aliphatic imine (C=N–C) groups is 1. The van der Waals surface area contributed by atoms with Crippen molar-refractivity contribution in [2.24, 2.45) is 4.99 Å². The molecule has 1 N–H and O–H groups in total. The number of anilines is 1. The van der Waals surface area contributed by atoms with Crippen LogP contribution in [0.1, 0.15) is 31.2 Å². The van der Waals surface area contributed by atoms with Gasteiger partial charge in [-0.3, -0.25) is 4.99 Å². The highest BCUT2D eigenvalue weighted by molar-refractivity contribution is 6.00. The van der Waals surface area contributed by atoms with Crippen LogP contribution in [0.3, 0.4) is 0 Å². The van der Waals surface area contributed by atoms with Gasteiger partial charge in [0.1, 0.15) is 11.4 Å². The minimum absolute atomic E-state index is 0.161. The number of esters is 1. The quantitative estimate of drug-likeness (QED) is 0.867. The lowest BCUT2D eigenvalue weighted by Gasteiger charge is -2.28. The first-order valence-corrected chi connectivity index (χ1v) is 7.87. The SMILES string of the molecule is COC(=O)C1(Nc2cccc(C3=NCCN3C)c2)CCCC1. The molecule has 22 heavy (non-hydrogen) atoms. The van der Waals surface area contributed by atoms with Crippen molar-refractivity contribution >= 4 is 17.5 Å². The summed E-state index contributed by atoms with van der Waals surface area (Å²) in [6.07, 6.45) is 3.75. The number of nitrogens with zero attached hydrogens (tertiary/aromatic N) is 2. The predicted molar refractivity (Wildman–Crippen MR) is 87.3 cm³/mol. The minimum Gasteiger partial charge on any atom is -0.467 e. The number of nitrogens with one attached hydrogen (secondary N) is 1. The van der Waals surface area contributed by atoms with Crippen LogP contribution in [0.4, 0.5) is 5.69 Å². The van der Waals surface area contributed by atoms with Crippen molar-refractivity contribution in [2.75, 3.05) is 32.6 Å². The van der Waals surface area contributed by atoms with Crippen molar-refractivity contribution < 1.29 is 9.53 Å². The van der Waals surface area contributed by atoms with Crippen LogP contribution in [0.5, 0.6) is 0 Å². The van der Waals surface area contributed by atoms with Gasteiger partial charge in [-0.15, -0.1) is 0 Å². The standard InChI is InChI=1S/C17H23N3O2/c1-20-11-10-18-15(20)13-6-5-7-14(12-13)19-17(16(21)22-2)8-3-4-9-17/h5-7,12,19H,3-4,8-11H2,1-2H3. The number of hydrogen-bond donors (Lipinski definition) is 1. The first-order valence-electron chi connectivity index (χ1n) is 7.87. The summed E-state index contributed by atoms with van der Waals surface area (Å²) in [4.78, 5) is 18.9. The molecule has 1 aromatic carbocycles. The maximum Gasteiger partial charge on any atom is 0.331 e. The molecule has 1 fully saturated rings. The summed E-state index contributed by atoms with van der Waals surface area (Å²) >= 11 is 0. The number of ether oxygens (including phenoxy) is 1. The Morgan fingerprint density at radius 3 is 2.77 bits per heavy atom. The summed E-state index contributed by atoms with van der Waals surface area (Å²) < 4.78 is 5.02. The van der Waals surface area contributed by atoms with Crippen molar-refractivity contribution in [3.63, 3.8) is 0 Å². The van der Waals surface area contributed by atoms with Crippen LogP contribution >= 0.6 is 0 Å². The van der Waals surface area contributed by atoms with Gasteiger partial charge >= 0.3 is 5.97 Å². The van der Waals surface area contributed by atoms with Crippen molar-refractivity contribution in [1.29, 1.82) is 0 Å². The number of methoxy groups -OCH3 is 1. The highest BCUT2D eigenvalue weighted by Crippen LogP contribution is 2.34. The lowest BCUT2D eigenvalue weighted by atomic mass is 9.97. The molecule has 118 valence electrons. The van der Waals surface area contributed by atoms with Crippen molar-refractivity contribution in [3.8, 4) is 0 Å². The molecule has 1 saturated carbocycles. The maximum absolute atomic E-state index is 12.2. The van der Waals surface area contributed by atoms with Gasteiger partial charge in [-0.2, -0.15) is 0 Å². The van der Waals surface area contributed by atoms with E-state index in [1.54, 1.807) is 0 Å². The van der Waals surface area contributed by atoms with Crippen molar-refractivity contribution in [1.82, 2.24) is 4.90 Å². The maximum atomic E-state index is 12.2. The molecule has 1 aliphatic carbocycles. The zero-order chi connectivity index (χ0) is 15.6. The Morgan fingerprint density at radius 2 is 2.14 bits per heavy atom. The molecule has 0 radical (unpaired) electrons. The largest absolute Gasteiger partial charge is 0.467 e. The third-order valence-electron chi connectivity index (χ3n) is 4.60. The summed E-state index contributed by atoms with van der Waals surface area (Å²) in [7, 11) is 3.52. The first-order chi connectivity index (χ1) is 10.6. The number of carbonyl (C=O) groups is 1. The molecule has 2 aliphatic rings. The van der Waals surface area contributed by atoms with Crippen LogP contribution in [-0.2, 0) is 9.53 Å². The van der Waals surface area contributed by atoms with Gasteiger partial charge < -0.3 is 15.0 Å². The molecule has 3 rings (SSSR count). The zero-order valence-electron chi connectivity index (χ0n) is 13.3. The van der Waals surface area contributed by atoms with Crippen LogP contribution in [0, 0.1) is 0 Å². The second-order valence-corrected chi connectivity index (χ2v) is 6.11. The molecule has 5 nitrogen and oxygen atoms in total. The van der Waals surface area contributed by atoms with E-state index in [0.29, 0.717) is 0 Å². The lowest BCUT2D eigenvalue weighted by molar-refractivity contribution is -0.145. The summed E-state index contributed by atoms with van der Waals surface area (Å²) in [6, 6.07) is 8.14. The third kappa shape index (κ3) is 2.67. The van der Waals surface area contributed by atoms with Gasteiger partial charge in [0.05, 0.1) is 13.7 Å². The Morgan fingerprint density at radius 1 is 1.36 bits per heavy atom. The lowest BCUT2D eigenvalue weighted by Crippen LogP contribution is -2.44. The second-order valence-electron chi connectivity index (χ2n) is 6.11. The van der Waals surface area contributed by atoms with Gasteiger partial charge in [-0.1, -0.05) is 25.0 Å². The van der Waals surface area contributed by atoms with Crippen LogP contribution in [0.25, 0.3) is 0 Å². The fourth-order valence-corrected chi connectivity index (χ4v) is 3.41. The van der Waals surface area contributed by atoms with Gasteiger partial charge in [0, 0.05) is 24.8 Å². The van der Waals surface area contributed by atoms with E-state index in [0.717, 1.165) is 55.9 Å². The zero-order valence-corrected chi connectivity index (χ0v) is 13.3. The Kier molecular flexibility index (Phi) is 4.05. The van der Waals surface area contributed by atoms with Crippen LogP contribution in [0.15, 0.2) is 29.3 Å². The van der Waals surface area contributed by atoms with Gasteiger partial charge in [0.2, 0.25) is 0 Å². The van der Waals surface area contributed by atoms with Crippen LogP contribution in [-0.4, -0.2) is 49.5 Å². The number of rotatable bonds is 4. The van der Waals surface area contributed by atoms with Gasteiger partial charge in [-0.25, -0.2) is 4.79 Å². The number of benzene rings is 1. The predicted octanol–water partition coefficient (Wildman–Crippen LogP) is 2.28. The smallest absolute Gasteiger partial charge is 0.331 e. The molecule has 0 bridgehead atoms. The molecule has 0 unspecified atom stereocenters. The highest BCUT2D eigenvalue weighted by atomic mass is 16.5. The summed E-state index contributed by atoms with van der Waals surface area (Å²) in [5.74, 6) is 0.855. The highest BCUT2D eigenvalue weighted by Gasteiger charge is 2.42. The van der Waals surface area contributed by atoms with E-state index < -0.39 is 5.54 Å². The normalized spacial score (nSPS) is 19.9. The van der Waals surface area contributed by atoms with E-state index in [1.807, 2.05) is 12.1 Å². The third-order valence-corrected chi connectivity index (χ3v) is 4.60. The van der Waals surface area contributed by atoms with E-state index in [9.17, 15) is 4.79 Å². The molecule has 0 atom stereocenters. The van der Waals surface area contributed by atoms with Gasteiger partial charge in [0.25, 0.3) is 0 Å². The van der Waals surface area contributed by atoms with E-state index in [1.165, 1.54) is 7.11 Å². The Labute approximate surface area is 131 Å². The Bertz CT molecular complexity index is 591. The van der Waals surface area contributed by atoms with E-state index >= 15 is 0 Å². The average Bonchev–Trinajstić information content (AvgIpc) is 3.16. The topological polar surface area (TPSA) is 53.9 Å². The average molecular weight is 301 g/mol. The van der Waals surface area contributed by atoms with Crippen molar-refractivity contribution in [2.45, 2.75) is 31.2 Å². The second kappa shape index (κ2) is 5.99. The summed E-state index contributed by atoms with van der Waals surface area (Å²) in [5.41, 5.74) is 1.47. The molecule has 1 aliphatic heterocycles. The molecular formula is C17H23N3O2. The summed E-state index contributed by atoms with van der Waals surface area (Å²) in [5, 5.41) is 3.44. The Hall–Kier alpha value is -2.04. The van der Waals surface area contributed by atoms with Gasteiger partial charge in [0.15, 0.2) is 0 Å². The molecule has 5 heteroatoms. The molecule has 0 saturated heterocycles. The van der Waals surface area contributed by atoms with Crippen molar-refractivity contribution in [3.05, 3.63) is 29.8 Å². The monoisotopic (exact) mass is 301 g/mol. The molecule has 1 heterocycles. The number of amidine groups is 1. The fraction of sp³-hybridized carbons (Fsp3) is 0.529. The first kappa shape index (κ1) is 14.9. The summed E-state index contributed by atoms with van der Waals surface area (Å²) in [6.45, 7) is 1.80. The molecule has 0 aromatic heterocycles. The number of hydrogen-bond acceptors (Lipinski definition) is 5. The van der Waals surface area contributed by atoms with E-state index in [4.69, 9.17) is 4.74 Å². The number of likely N-dealkylation sites (N-methyl/N-ethyl adjacent to an activating group) is 1. The number of carbonyl (C=O) groups excluding carboxylic acids is 1. The van der Waals surface area contributed by atoms with E-state index in [-0.39, 0.29) is 5.97 Å². The fourth-order valence-electron chi connectivity index (χ4n) is 3.41. The Balaban J connectivity index is 1.84. The van der Waals surface area contributed by atoms with Crippen LogP contribution in [0.2, 0.25) is 0 Å². The minimum atomic E-state index is -0.573. The van der Waals surface area contributed by atoms with Gasteiger partial charge in [-0.05, 0) is 25.0 Å². The van der Waals surface area contributed by atoms with Crippen LogP contribution < -0.4 is 5.32 Å². The molecule has 1 aromatic rings. The van der Waals surface area contributed by atoms with E-state index in [2.05, 4.69) is 34.4 Å². The molecule has 0 spiro atoms.